The molecule has 1 atom stereocenters. The number of nitrogens with zero attached hydrogens (tertiary/aromatic N) is 1. The van der Waals surface area contributed by atoms with Gasteiger partial charge < -0.3 is 5.32 Å². The molecule has 2 heterocycles. The minimum absolute atomic E-state index is 0.409. The third kappa shape index (κ3) is 1.89. The molecule has 1 aliphatic heterocycles. The molecule has 15 heavy (non-hydrogen) atoms. The van der Waals surface area contributed by atoms with E-state index in [2.05, 4.69) is 56.3 Å². The van der Waals surface area contributed by atoms with Crippen molar-refractivity contribution in [2.75, 3.05) is 0 Å². The standard InChI is InChI=1S/C13H18N2/c1-8(2)12-6-13-11(7-14-12)5-9(3)10(4)15-13/h5-8,12,14H,1-4H3. The summed E-state index contributed by atoms with van der Waals surface area (Å²) < 4.78 is 0. The van der Waals surface area contributed by atoms with Crippen LogP contribution in [0.5, 0.6) is 0 Å². The maximum atomic E-state index is 4.62. The molecule has 80 valence electrons. The van der Waals surface area contributed by atoms with Gasteiger partial charge in [0.05, 0.1) is 5.35 Å². The Bertz CT molecular complexity index is 486. The lowest BCUT2D eigenvalue weighted by molar-refractivity contribution is 0.543. The van der Waals surface area contributed by atoms with E-state index in [1.54, 1.807) is 0 Å². The topological polar surface area (TPSA) is 24.9 Å². The lowest BCUT2D eigenvalue weighted by atomic mass is 10.0. The molecule has 1 unspecified atom stereocenters. The highest BCUT2D eigenvalue weighted by Crippen LogP contribution is 2.04. The summed E-state index contributed by atoms with van der Waals surface area (Å²) >= 11 is 0. The number of aryl methyl sites for hydroxylation is 2. The van der Waals surface area contributed by atoms with E-state index < -0.39 is 0 Å². The third-order valence-corrected chi connectivity index (χ3v) is 3.01. The van der Waals surface area contributed by atoms with Gasteiger partial charge in [0.25, 0.3) is 0 Å². The summed E-state index contributed by atoms with van der Waals surface area (Å²) in [6.07, 6.45) is 4.31. The molecule has 1 aromatic rings. The van der Waals surface area contributed by atoms with Gasteiger partial charge in [-0.1, -0.05) is 13.8 Å². The summed E-state index contributed by atoms with van der Waals surface area (Å²) in [6, 6.07) is 2.60. The molecule has 0 spiro atoms. The largest absolute Gasteiger partial charge is 0.384 e. The first-order valence-corrected chi connectivity index (χ1v) is 5.50. The molecule has 2 rings (SSSR count). The second-order valence-corrected chi connectivity index (χ2v) is 4.61. The number of rotatable bonds is 1. The Balaban J connectivity index is 2.57. The number of fused-ring (bicyclic) bond motifs is 1. The van der Waals surface area contributed by atoms with Crippen molar-refractivity contribution in [2.24, 2.45) is 5.92 Å². The minimum atomic E-state index is 0.409. The van der Waals surface area contributed by atoms with Gasteiger partial charge in [-0.05, 0) is 37.5 Å². The Kier molecular flexibility index (Phi) is 2.51. The molecule has 1 N–H and O–H groups in total. The molecule has 1 aromatic heterocycles. The van der Waals surface area contributed by atoms with Gasteiger partial charge in [-0.3, -0.25) is 4.98 Å². The van der Waals surface area contributed by atoms with Crippen molar-refractivity contribution in [1.29, 1.82) is 0 Å². The molecule has 1 aliphatic rings. The molecule has 0 aromatic carbocycles. The highest BCUT2D eigenvalue weighted by Gasteiger charge is 2.11. The Hall–Kier alpha value is -1.31. The number of hydrogen-bond donors (Lipinski definition) is 1. The Morgan fingerprint density at radius 1 is 1.33 bits per heavy atom. The van der Waals surface area contributed by atoms with Crippen LogP contribution in [0.3, 0.4) is 0 Å². The Morgan fingerprint density at radius 3 is 2.73 bits per heavy atom. The zero-order valence-electron chi connectivity index (χ0n) is 9.83. The van der Waals surface area contributed by atoms with Gasteiger partial charge in [-0.15, -0.1) is 0 Å². The maximum absolute atomic E-state index is 4.62. The van der Waals surface area contributed by atoms with Gasteiger partial charge in [-0.25, -0.2) is 0 Å². The van der Waals surface area contributed by atoms with Crippen molar-refractivity contribution in [3.63, 3.8) is 0 Å². The van der Waals surface area contributed by atoms with E-state index in [4.69, 9.17) is 0 Å². The molecule has 0 aliphatic carbocycles. The van der Waals surface area contributed by atoms with Crippen LogP contribution in [0.2, 0.25) is 0 Å². The molecule has 0 saturated heterocycles. The van der Waals surface area contributed by atoms with Crippen molar-refractivity contribution in [1.82, 2.24) is 10.3 Å². The van der Waals surface area contributed by atoms with Crippen LogP contribution >= 0.6 is 0 Å². The van der Waals surface area contributed by atoms with Crippen LogP contribution in [0.15, 0.2) is 6.07 Å². The molecular weight excluding hydrogens is 184 g/mol. The fourth-order valence-electron chi connectivity index (χ4n) is 1.78. The molecular formula is C13H18N2. The van der Waals surface area contributed by atoms with E-state index in [-0.39, 0.29) is 0 Å². The fourth-order valence-corrected chi connectivity index (χ4v) is 1.78. The zero-order valence-corrected chi connectivity index (χ0v) is 9.83. The Morgan fingerprint density at radius 2 is 2.07 bits per heavy atom. The monoisotopic (exact) mass is 202 g/mol. The van der Waals surface area contributed by atoms with Crippen LogP contribution < -0.4 is 15.9 Å². The quantitative estimate of drug-likeness (QED) is 0.730. The predicted octanol–water partition coefficient (Wildman–Crippen LogP) is 0.845. The second kappa shape index (κ2) is 3.69. The number of aromatic nitrogens is 1. The van der Waals surface area contributed by atoms with Gasteiger partial charge in [0, 0.05) is 23.2 Å². The van der Waals surface area contributed by atoms with Crippen molar-refractivity contribution >= 4 is 12.3 Å². The lowest BCUT2D eigenvalue weighted by Gasteiger charge is -2.20. The molecule has 0 bridgehead atoms. The predicted molar refractivity (Wildman–Crippen MR) is 63.7 cm³/mol. The fraction of sp³-hybridized carbons (Fsp3) is 0.462. The molecule has 2 nitrogen and oxygen atoms in total. The van der Waals surface area contributed by atoms with E-state index in [9.17, 15) is 0 Å². The van der Waals surface area contributed by atoms with Gasteiger partial charge >= 0.3 is 0 Å². The summed E-state index contributed by atoms with van der Waals surface area (Å²) in [5.41, 5.74) is 2.38. The number of nitrogens with one attached hydrogen (secondary N) is 1. The number of pyridine rings is 1. The first-order valence-electron chi connectivity index (χ1n) is 5.50. The van der Waals surface area contributed by atoms with Crippen molar-refractivity contribution in [3.8, 4) is 0 Å². The second-order valence-electron chi connectivity index (χ2n) is 4.61. The van der Waals surface area contributed by atoms with Crippen molar-refractivity contribution < 1.29 is 0 Å². The zero-order chi connectivity index (χ0) is 11.0. The van der Waals surface area contributed by atoms with Crippen molar-refractivity contribution in [2.45, 2.75) is 33.7 Å². The van der Waals surface area contributed by atoms with Gasteiger partial charge in [0.15, 0.2) is 0 Å². The van der Waals surface area contributed by atoms with Crippen LogP contribution in [-0.2, 0) is 0 Å². The molecule has 0 amide bonds. The van der Waals surface area contributed by atoms with E-state index in [0.717, 1.165) is 11.0 Å². The molecule has 2 heteroatoms. The minimum Gasteiger partial charge on any atom is -0.384 e. The average molecular weight is 202 g/mol. The third-order valence-electron chi connectivity index (χ3n) is 3.01. The highest BCUT2D eigenvalue weighted by molar-refractivity contribution is 5.41. The summed E-state index contributed by atoms with van der Waals surface area (Å²) in [5, 5.41) is 5.73. The summed E-state index contributed by atoms with van der Waals surface area (Å²) in [6.45, 7) is 8.60. The van der Waals surface area contributed by atoms with Gasteiger partial charge in [0.1, 0.15) is 0 Å². The smallest absolute Gasteiger partial charge is 0.0700 e. The first-order chi connectivity index (χ1) is 7.08. The number of hydrogen-bond acceptors (Lipinski definition) is 2. The molecule has 0 fully saturated rings. The van der Waals surface area contributed by atoms with Gasteiger partial charge in [-0.2, -0.15) is 0 Å². The summed E-state index contributed by atoms with van der Waals surface area (Å²) in [7, 11) is 0. The Labute approximate surface area is 90.7 Å². The van der Waals surface area contributed by atoms with Crippen LogP contribution in [0, 0.1) is 19.8 Å². The van der Waals surface area contributed by atoms with Gasteiger partial charge in [0.2, 0.25) is 0 Å². The van der Waals surface area contributed by atoms with Crippen molar-refractivity contribution in [3.05, 3.63) is 27.9 Å². The van der Waals surface area contributed by atoms with E-state index in [1.165, 1.54) is 10.8 Å². The molecule has 0 radical (unpaired) electrons. The summed E-state index contributed by atoms with van der Waals surface area (Å²) in [4.78, 5) is 4.62. The van der Waals surface area contributed by atoms with E-state index in [0.29, 0.717) is 12.0 Å². The van der Waals surface area contributed by atoms with E-state index in [1.807, 2.05) is 0 Å². The lowest BCUT2D eigenvalue weighted by Crippen LogP contribution is -2.42. The van der Waals surface area contributed by atoms with Crippen LogP contribution in [0.1, 0.15) is 25.1 Å². The van der Waals surface area contributed by atoms with Crippen LogP contribution in [0.4, 0.5) is 0 Å². The van der Waals surface area contributed by atoms with Crippen LogP contribution in [-0.4, -0.2) is 11.0 Å². The summed E-state index contributed by atoms with van der Waals surface area (Å²) in [5.74, 6) is 0.595. The average Bonchev–Trinajstić information content (AvgIpc) is 2.19. The maximum Gasteiger partial charge on any atom is 0.0700 e. The molecule has 0 saturated carbocycles. The van der Waals surface area contributed by atoms with E-state index >= 15 is 0 Å². The highest BCUT2D eigenvalue weighted by atomic mass is 14.9. The SMILES string of the molecule is Cc1cc2c(nc1C)=CC(C(C)C)NC=2. The van der Waals surface area contributed by atoms with Crippen LogP contribution in [0.25, 0.3) is 12.3 Å². The normalized spacial score (nSPS) is 18.9. The first kappa shape index (κ1) is 10.2.